The number of fused-ring (bicyclic) bond motifs is 19. The Morgan fingerprint density at radius 2 is 0.754 bits per heavy atom. The Bertz CT molecular complexity index is 3460. The molecule has 1 spiro atoms. The summed E-state index contributed by atoms with van der Waals surface area (Å²) in [5.41, 5.74) is 15.4. The molecule has 0 nitrogen and oxygen atoms in total. The van der Waals surface area contributed by atoms with Crippen molar-refractivity contribution in [2.45, 2.75) is 5.41 Å². The van der Waals surface area contributed by atoms with Crippen molar-refractivity contribution in [3.8, 4) is 44.5 Å². The molecule has 0 amide bonds. The molecule has 0 unspecified atom stereocenters. The SMILES string of the molecule is c1ccc2c(c1)-c1ccccc1C21c2cc3ccccc3cc2-c2c1c1ccc(-c3ccc(-c4cc5ccccc5c5ccccc45)cc3)cc1c1ccccc21. The molecule has 0 radical (unpaired) electrons. The van der Waals surface area contributed by atoms with Crippen LogP contribution < -0.4 is 0 Å². The van der Waals surface area contributed by atoms with Gasteiger partial charge in [0.2, 0.25) is 0 Å². The van der Waals surface area contributed by atoms with Crippen LogP contribution in [0.3, 0.4) is 0 Å². The van der Waals surface area contributed by atoms with E-state index in [0.717, 1.165) is 0 Å². The van der Waals surface area contributed by atoms with Crippen molar-refractivity contribution < 1.29 is 0 Å². The zero-order chi connectivity index (χ0) is 37.2. The van der Waals surface area contributed by atoms with Crippen LogP contribution in [-0.2, 0) is 5.41 Å². The average molecular weight is 719 g/mol. The van der Waals surface area contributed by atoms with Gasteiger partial charge in [0.25, 0.3) is 0 Å². The van der Waals surface area contributed by atoms with E-state index in [2.05, 4.69) is 206 Å². The predicted octanol–water partition coefficient (Wildman–Crippen LogP) is 15.1. The van der Waals surface area contributed by atoms with Gasteiger partial charge in [-0.2, -0.15) is 0 Å². The van der Waals surface area contributed by atoms with Gasteiger partial charge in [-0.3, -0.25) is 0 Å². The second-order valence-corrected chi connectivity index (χ2v) is 15.9. The Balaban J connectivity index is 1.07. The zero-order valence-electron chi connectivity index (χ0n) is 31.1. The predicted molar refractivity (Wildman–Crippen MR) is 241 cm³/mol. The molecule has 0 N–H and O–H groups in total. The van der Waals surface area contributed by atoms with E-state index in [1.54, 1.807) is 0 Å². The topological polar surface area (TPSA) is 0 Å². The Labute approximate surface area is 330 Å². The van der Waals surface area contributed by atoms with Gasteiger partial charge in [0, 0.05) is 0 Å². The first kappa shape index (κ1) is 31.0. The molecule has 0 atom stereocenters. The molecule has 57 heavy (non-hydrogen) atoms. The Kier molecular flexibility index (Phi) is 6.19. The molecular weight excluding hydrogens is 685 g/mol. The second kappa shape index (κ2) is 11.4. The molecule has 0 heterocycles. The number of hydrogen-bond acceptors (Lipinski definition) is 0. The molecule has 0 heteroatoms. The first-order valence-electron chi connectivity index (χ1n) is 20.0. The van der Waals surface area contributed by atoms with Crippen LogP contribution in [0.2, 0.25) is 0 Å². The fourth-order valence-electron chi connectivity index (χ4n) is 10.9. The van der Waals surface area contributed by atoms with Crippen LogP contribution >= 0.6 is 0 Å². The molecule has 11 aromatic rings. The molecule has 13 rings (SSSR count). The van der Waals surface area contributed by atoms with Crippen LogP contribution in [0.5, 0.6) is 0 Å². The Morgan fingerprint density at radius 1 is 0.246 bits per heavy atom. The third kappa shape index (κ3) is 4.07. The maximum atomic E-state index is 2.50. The van der Waals surface area contributed by atoms with Gasteiger partial charge in [-0.1, -0.05) is 182 Å². The van der Waals surface area contributed by atoms with Crippen LogP contribution in [0.15, 0.2) is 206 Å². The Morgan fingerprint density at radius 3 is 1.47 bits per heavy atom. The van der Waals surface area contributed by atoms with Gasteiger partial charge in [0.15, 0.2) is 0 Å². The van der Waals surface area contributed by atoms with E-state index in [1.165, 1.54) is 121 Å². The van der Waals surface area contributed by atoms with E-state index in [-0.39, 0.29) is 0 Å². The van der Waals surface area contributed by atoms with Crippen molar-refractivity contribution in [3.63, 3.8) is 0 Å². The molecule has 11 aromatic carbocycles. The van der Waals surface area contributed by atoms with E-state index in [0.29, 0.717) is 0 Å². The first-order chi connectivity index (χ1) is 28.3. The van der Waals surface area contributed by atoms with Crippen molar-refractivity contribution in [3.05, 3.63) is 229 Å². The third-order valence-electron chi connectivity index (χ3n) is 13.2. The van der Waals surface area contributed by atoms with Gasteiger partial charge in [-0.15, -0.1) is 0 Å². The lowest BCUT2D eigenvalue weighted by atomic mass is 9.69. The largest absolute Gasteiger partial charge is 0.0731 e. The molecule has 0 aliphatic heterocycles. The highest BCUT2D eigenvalue weighted by Crippen LogP contribution is 2.65. The van der Waals surface area contributed by atoms with Gasteiger partial charge >= 0.3 is 0 Å². The van der Waals surface area contributed by atoms with E-state index in [9.17, 15) is 0 Å². The van der Waals surface area contributed by atoms with Crippen LogP contribution in [0.1, 0.15) is 22.3 Å². The molecule has 2 aliphatic carbocycles. The quantitative estimate of drug-likeness (QED) is 0.156. The lowest BCUT2D eigenvalue weighted by molar-refractivity contribution is 0.803. The summed E-state index contributed by atoms with van der Waals surface area (Å²) in [5.74, 6) is 0. The van der Waals surface area contributed by atoms with Gasteiger partial charge in [0.05, 0.1) is 5.41 Å². The van der Waals surface area contributed by atoms with Crippen molar-refractivity contribution in [1.29, 1.82) is 0 Å². The van der Waals surface area contributed by atoms with Crippen molar-refractivity contribution in [2.24, 2.45) is 0 Å². The maximum absolute atomic E-state index is 2.50. The van der Waals surface area contributed by atoms with E-state index >= 15 is 0 Å². The second-order valence-electron chi connectivity index (χ2n) is 15.9. The van der Waals surface area contributed by atoms with Gasteiger partial charge in [-0.05, 0) is 145 Å². The summed E-state index contributed by atoms with van der Waals surface area (Å²) in [6.07, 6.45) is 0. The minimum Gasteiger partial charge on any atom is -0.0619 e. The smallest absolute Gasteiger partial charge is 0.0619 e. The van der Waals surface area contributed by atoms with Crippen LogP contribution in [0.25, 0.3) is 98.4 Å². The molecule has 0 saturated carbocycles. The number of rotatable bonds is 2. The monoisotopic (exact) mass is 718 g/mol. The Hall–Kier alpha value is -7.28. The number of hydrogen-bond donors (Lipinski definition) is 0. The normalized spacial score (nSPS) is 13.4. The summed E-state index contributed by atoms with van der Waals surface area (Å²) >= 11 is 0. The highest BCUT2D eigenvalue weighted by Gasteiger charge is 2.53. The summed E-state index contributed by atoms with van der Waals surface area (Å²) in [6.45, 7) is 0. The molecule has 0 saturated heterocycles. The summed E-state index contributed by atoms with van der Waals surface area (Å²) in [6, 6.07) is 77.6. The molecule has 0 fully saturated rings. The molecule has 0 aromatic heterocycles. The van der Waals surface area contributed by atoms with Crippen LogP contribution in [-0.4, -0.2) is 0 Å². The first-order valence-corrected chi connectivity index (χ1v) is 20.0. The highest BCUT2D eigenvalue weighted by atomic mass is 14.5. The summed E-state index contributed by atoms with van der Waals surface area (Å²) in [7, 11) is 0. The minimum absolute atomic E-state index is 0.448. The molecule has 0 bridgehead atoms. The van der Waals surface area contributed by atoms with Crippen molar-refractivity contribution in [2.75, 3.05) is 0 Å². The van der Waals surface area contributed by atoms with Crippen molar-refractivity contribution >= 4 is 53.9 Å². The fraction of sp³-hybridized carbons (Fsp3) is 0.0175. The van der Waals surface area contributed by atoms with Crippen LogP contribution in [0, 0.1) is 0 Å². The standard InChI is InChI=1S/C57H34/c1-2-14-38-34-54-51(32-37(38)13-1)55-47-22-8-7-19-44(47)50-31-39(29-30-48(50)56(55)57(54)52-23-11-9-20-45(52)46-21-10-12-24-53(46)57)35-25-27-36(28-26-35)49-33-40-15-3-4-16-41(40)42-17-5-6-18-43(42)49/h1-34H. The zero-order valence-corrected chi connectivity index (χ0v) is 31.1. The van der Waals surface area contributed by atoms with Crippen molar-refractivity contribution in [1.82, 2.24) is 0 Å². The van der Waals surface area contributed by atoms with E-state index < -0.39 is 5.41 Å². The minimum atomic E-state index is -0.448. The summed E-state index contributed by atoms with van der Waals surface area (Å²) in [4.78, 5) is 0. The molecule has 2 aliphatic rings. The fourth-order valence-corrected chi connectivity index (χ4v) is 10.9. The lowest BCUT2D eigenvalue weighted by Crippen LogP contribution is -2.26. The lowest BCUT2D eigenvalue weighted by Gasteiger charge is -2.32. The molecular formula is C57H34. The van der Waals surface area contributed by atoms with Gasteiger partial charge in [0.1, 0.15) is 0 Å². The van der Waals surface area contributed by atoms with E-state index in [4.69, 9.17) is 0 Å². The summed E-state index contributed by atoms with van der Waals surface area (Å²) < 4.78 is 0. The van der Waals surface area contributed by atoms with Gasteiger partial charge in [-0.25, -0.2) is 0 Å². The van der Waals surface area contributed by atoms with Crippen LogP contribution in [0.4, 0.5) is 0 Å². The van der Waals surface area contributed by atoms with E-state index in [1.807, 2.05) is 0 Å². The average Bonchev–Trinajstić information content (AvgIpc) is 3.75. The van der Waals surface area contributed by atoms with Gasteiger partial charge < -0.3 is 0 Å². The summed E-state index contributed by atoms with van der Waals surface area (Å²) in [5, 5.41) is 12.9. The number of benzene rings is 11. The molecule has 262 valence electrons. The highest BCUT2D eigenvalue weighted by molar-refractivity contribution is 6.21. The third-order valence-corrected chi connectivity index (χ3v) is 13.2. The maximum Gasteiger partial charge on any atom is 0.0731 e.